The van der Waals surface area contributed by atoms with E-state index in [1.165, 1.54) is 0 Å². The Morgan fingerprint density at radius 3 is 2.12 bits per heavy atom. The van der Waals surface area contributed by atoms with E-state index in [-0.39, 0.29) is 0 Å². The van der Waals surface area contributed by atoms with Crippen LogP contribution in [0.4, 0.5) is 0 Å². The minimum absolute atomic E-state index is 0.537. The van der Waals surface area contributed by atoms with Gasteiger partial charge in [0.05, 0.1) is 16.4 Å². The van der Waals surface area contributed by atoms with E-state index in [4.69, 9.17) is 39.8 Å². The second-order valence-corrected chi connectivity index (χ2v) is 6.96. The van der Waals surface area contributed by atoms with E-state index in [0.29, 0.717) is 20.9 Å². The number of halogens is 3. The molecule has 6 heteroatoms. The van der Waals surface area contributed by atoms with Crippen LogP contribution in [0.1, 0.15) is 0 Å². The summed E-state index contributed by atoms with van der Waals surface area (Å²) in [7, 11) is 0. The van der Waals surface area contributed by atoms with E-state index in [2.05, 4.69) is 9.97 Å². The van der Waals surface area contributed by atoms with Gasteiger partial charge in [-0.1, -0.05) is 46.9 Å². The van der Waals surface area contributed by atoms with Crippen molar-refractivity contribution in [2.45, 2.75) is 0 Å². The molecule has 2 aromatic heterocycles. The van der Waals surface area contributed by atoms with Crippen LogP contribution in [0.3, 0.4) is 0 Å². The van der Waals surface area contributed by atoms with E-state index < -0.39 is 0 Å². The Bertz CT molecular complexity index is 1060. The lowest BCUT2D eigenvalue weighted by Crippen LogP contribution is -1.84. The number of hydrogen-bond acceptors (Lipinski definition) is 2. The number of benzene rings is 2. The topological polar surface area (TPSA) is 41.6 Å². The first kappa shape index (κ1) is 17.1. The normalized spacial score (nSPS) is 10.9. The molecule has 4 aromatic rings. The molecule has 0 saturated heterocycles. The Balaban J connectivity index is 1.91. The minimum atomic E-state index is 0.537. The Morgan fingerprint density at radius 1 is 0.731 bits per heavy atom. The van der Waals surface area contributed by atoms with Crippen molar-refractivity contribution >= 4 is 34.8 Å². The van der Waals surface area contributed by atoms with Crippen molar-refractivity contribution < 1.29 is 0 Å². The van der Waals surface area contributed by atoms with Crippen molar-refractivity contribution in [1.29, 1.82) is 0 Å². The minimum Gasteiger partial charge on any atom is -0.337 e. The molecule has 0 fully saturated rings. The monoisotopic (exact) mass is 399 g/mol. The molecule has 128 valence electrons. The van der Waals surface area contributed by atoms with Gasteiger partial charge in [-0.25, -0.2) is 4.98 Å². The van der Waals surface area contributed by atoms with Gasteiger partial charge in [0.1, 0.15) is 5.82 Å². The number of hydrogen-bond donors (Lipinski definition) is 1. The summed E-state index contributed by atoms with van der Waals surface area (Å²) >= 11 is 18.4. The van der Waals surface area contributed by atoms with Crippen LogP contribution < -0.4 is 0 Å². The molecule has 4 rings (SSSR count). The van der Waals surface area contributed by atoms with Crippen LogP contribution in [0.2, 0.25) is 15.1 Å². The SMILES string of the molecule is Clc1ccc(-c2nc(-c3ccc(Cl)cc3Cl)[nH]c2-c2ccncc2)cc1. The fraction of sp³-hybridized carbons (Fsp3) is 0. The number of H-pyrrole nitrogens is 1. The number of nitrogens with one attached hydrogen (secondary N) is 1. The molecule has 2 heterocycles. The highest BCUT2D eigenvalue weighted by molar-refractivity contribution is 6.36. The molecule has 26 heavy (non-hydrogen) atoms. The van der Waals surface area contributed by atoms with Crippen molar-refractivity contribution in [2.75, 3.05) is 0 Å². The number of aromatic amines is 1. The average molecular weight is 401 g/mol. The number of pyridine rings is 1. The van der Waals surface area contributed by atoms with Crippen LogP contribution in [0.25, 0.3) is 33.9 Å². The maximum Gasteiger partial charge on any atom is 0.140 e. The molecule has 0 aliphatic rings. The van der Waals surface area contributed by atoms with E-state index in [9.17, 15) is 0 Å². The van der Waals surface area contributed by atoms with Gasteiger partial charge in [-0.05, 0) is 42.5 Å². The lowest BCUT2D eigenvalue weighted by atomic mass is 10.1. The highest BCUT2D eigenvalue weighted by atomic mass is 35.5. The highest BCUT2D eigenvalue weighted by Gasteiger charge is 2.17. The van der Waals surface area contributed by atoms with Gasteiger partial charge in [0, 0.05) is 39.1 Å². The van der Waals surface area contributed by atoms with Crippen molar-refractivity contribution in [2.24, 2.45) is 0 Å². The van der Waals surface area contributed by atoms with Gasteiger partial charge >= 0.3 is 0 Å². The van der Waals surface area contributed by atoms with Crippen LogP contribution in [0.15, 0.2) is 67.0 Å². The van der Waals surface area contributed by atoms with Crippen molar-refractivity contribution in [3.8, 4) is 33.9 Å². The molecular formula is C20H12Cl3N3. The quantitative estimate of drug-likeness (QED) is 0.412. The van der Waals surface area contributed by atoms with E-state index in [1.807, 2.05) is 42.5 Å². The van der Waals surface area contributed by atoms with Gasteiger partial charge in [-0.3, -0.25) is 4.98 Å². The summed E-state index contributed by atoms with van der Waals surface area (Å²) in [5.74, 6) is 0.670. The molecule has 0 spiro atoms. The van der Waals surface area contributed by atoms with Crippen LogP contribution in [-0.2, 0) is 0 Å². The summed E-state index contributed by atoms with van der Waals surface area (Å²) in [6, 6.07) is 16.8. The van der Waals surface area contributed by atoms with Gasteiger partial charge in [0.25, 0.3) is 0 Å². The second kappa shape index (κ2) is 7.12. The first-order valence-electron chi connectivity index (χ1n) is 7.83. The summed E-state index contributed by atoms with van der Waals surface area (Å²) in [6.07, 6.45) is 3.49. The average Bonchev–Trinajstić information content (AvgIpc) is 3.08. The lowest BCUT2D eigenvalue weighted by molar-refractivity contribution is 1.30. The summed E-state index contributed by atoms with van der Waals surface area (Å²) in [5, 5.41) is 1.79. The van der Waals surface area contributed by atoms with Crippen molar-refractivity contribution in [3.05, 3.63) is 82.1 Å². The van der Waals surface area contributed by atoms with Gasteiger partial charge in [0.2, 0.25) is 0 Å². The number of aromatic nitrogens is 3. The van der Waals surface area contributed by atoms with Crippen LogP contribution in [0.5, 0.6) is 0 Å². The third-order valence-electron chi connectivity index (χ3n) is 3.98. The molecule has 0 amide bonds. The highest BCUT2D eigenvalue weighted by Crippen LogP contribution is 2.36. The smallest absolute Gasteiger partial charge is 0.140 e. The Kier molecular flexibility index (Phi) is 4.68. The molecule has 2 aromatic carbocycles. The van der Waals surface area contributed by atoms with Gasteiger partial charge < -0.3 is 4.98 Å². The second-order valence-electron chi connectivity index (χ2n) is 5.68. The first-order chi connectivity index (χ1) is 12.6. The third kappa shape index (κ3) is 3.34. The fourth-order valence-corrected chi connectivity index (χ4v) is 3.35. The maximum atomic E-state index is 6.37. The molecular weight excluding hydrogens is 389 g/mol. The van der Waals surface area contributed by atoms with Crippen molar-refractivity contribution in [3.63, 3.8) is 0 Å². The zero-order valence-corrected chi connectivity index (χ0v) is 15.6. The molecule has 0 bridgehead atoms. The Morgan fingerprint density at radius 2 is 1.42 bits per heavy atom. The summed E-state index contributed by atoms with van der Waals surface area (Å²) in [4.78, 5) is 12.3. The first-order valence-corrected chi connectivity index (χ1v) is 8.97. The molecule has 0 atom stereocenters. The fourth-order valence-electron chi connectivity index (χ4n) is 2.73. The van der Waals surface area contributed by atoms with E-state index in [1.54, 1.807) is 24.5 Å². The van der Waals surface area contributed by atoms with E-state index in [0.717, 1.165) is 28.1 Å². The predicted molar refractivity (Wildman–Crippen MR) is 108 cm³/mol. The number of imidazole rings is 1. The molecule has 0 saturated carbocycles. The summed E-state index contributed by atoms with van der Waals surface area (Å²) in [6.45, 7) is 0. The van der Waals surface area contributed by atoms with Crippen LogP contribution >= 0.6 is 34.8 Å². The van der Waals surface area contributed by atoms with Crippen molar-refractivity contribution in [1.82, 2.24) is 15.0 Å². The molecule has 1 N–H and O–H groups in total. The van der Waals surface area contributed by atoms with Crippen LogP contribution in [-0.4, -0.2) is 15.0 Å². The Hall–Kier alpha value is -2.33. The van der Waals surface area contributed by atoms with Crippen LogP contribution in [0, 0.1) is 0 Å². The molecule has 0 aliphatic carbocycles. The van der Waals surface area contributed by atoms with Gasteiger partial charge in [0.15, 0.2) is 0 Å². The number of nitrogens with zero attached hydrogens (tertiary/aromatic N) is 2. The van der Waals surface area contributed by atoms with Gasteiger partial charge in [-0.2, -0.15) is 0 Å². The maximum absolute atomic E-state index is 6.37. The zero-order chi connectivity index (χ0) is 18.1. The molecule has 0 unspecified atom stereocenters. The molecule has 0 aliphatic heterocycles. The summed E-state index contributed by atoms with van der Waals surface area (Å²) in [5.41, 5.74) is 4.42. The standard InChI is InChI=1S/C20H12Cl3N3/c21-14-3-1-12(2-4-14)18-19(13-7-9-24-10-8-13)26-20(25-18)16-6-5-15(22)11-17(16)23/h1-11H,(H,25,26). The molecule has 0 radical (unpaired) electrons. The van der Waals surface area contributed by atoms with E-state index >= 15 is 0 Å². The Labute approximate surface area is 165 Å². The predicted octanol–water partition coefficient (Wildman–Crippen LogP) is 6.77. The lowest BCUT2D eigenvalue weighted by Gasteiger charge is -2.03. The molecule has 3 nitrogen and oxygen atoms in total. The van der Waals surface area contributed by atoms with Gasteiger partial charge in [-0.15, -0.1) is 0 Å². The zero-order valence-electron chi connectivity index (χ0n) is 13.4. The number of rotatable bonds is 3. The summed E-state index contributed by atoms with van der Waals surface area (Å²) < 4.78 is 0. The third-order valence-corrected chi connectivity index (χ3v) is 4.78. The largest absolute Gasteiger partial charge is 0.337 e.